The van der Waals surface area contributed by atoms with E-state index in [0.29, 0.717) is 0 Å². The first-order valence-corrected chi connectivity index (χ1v) is 3.73. The van der Waals surface area contributed by atoms with Gasteiger partial charge in [-0.2, -0.15) is 22.0 Å². The van der Waals surface area contributed by atoms with Crippen LogP contribution in [-0.2, 0) is 0 Å². The van der Waals surface area contributed by atoms with Gasteiger partial charge in [0.1, 0.15) is 0 Å². The molecule has 6 heteroatoms. The van der Waals surface area contributed by atoms with Crippen molar-refractivity contribution in [1.82, 2.24) is 0 Å². The van der Waals surface area contributed by atoms with E-state index in [1.54, 1.807) is 0 Å². The number of halogens is 5. The van der Waals surface area contributed by atoms with Crippen LogP contribution in [-0.4, -0.2) is 18.1 Å². The summed E-state index contributed by atoms with van der Waals surface area (Å²) in [5, 5.41) is 0. The standard InChI is InChI=1S/C7H10F5N/c1-5(2)3(4(5)13)6(8,9)7(10,11)12/h3-4H,13H2,1-2H3. The molecule has 0 heterocycles. The molecule has 13 heavy (non-hydrogen) atoms. The van der Waals surface area contributed by atoms with Crippen molar-refractivity contribution in [3.05, 3.63) is 0 Å². The molecule has 1 saturated carbocycles. The molecule has 78 valence electrons. The molecule has 2 unspecified atom stereocenters. The fourth-order valence-corrected chi connectivity index (χ4v) is 1.55. The van der Waals surface area contributed by atoms with E-state index in [2.05, 4.69) is 0 Å². The number of alkyl halides is 5. The lowest BCUT2D eigenvalue weighted by Crippen LogP contribution is -2.41. The molecule has 1 rings (SSSR count). The highest BCUT2D eigenvalue weighted by molar-refractivity contribution is 5.16. The lowest BCUT2D eigenvalue weighted by atomic mass is 10.1. The highest BCUT2D eigenvalue weighted by atomic mass is 19.4. The second-order valence-electron chi connectivity index (χ2n) is 3.95. The fraction of sp³-hybridized carbons (Fsp3) is 1.00. The molecular formula is C7H10F5N. The molecule has 1 fully saturated rings. The first-order valence-electron chi connectivity index (χ1n) is 3.73. The van der Waals surface area contributed by atoms with Gasteiger partial charge in [-0.25, -0.2) is 0 Å². The molecule has 0 amide bonds. The van der Waals surface area contributed by atoms with E-state index in [-0.39, 0.29) is 0 Å². The zero-order chi connectivity index (χ0) is 10.7. The first kappa shape index (κ1) is 10.7. The Morgan fingerprint density at radius 2 is 1.38 bits per heavy atom. The Hall–Kier alpha value is -0.390. The number of rotatable bonds is 1. The minimum Gasteiger partial charge on any atom is -0.327 e. The van der Waals surface area contributed by atoms with Gasteiger partial charge in [0.05, 0.1) is 5.92 Å². The van der Waals surface area contributed by atoms with Crippen LogP contribution in [0.25, 0.3) is 0 Å². The number of hydrogen-bond acceptors (Lipinski definition) is 1. The fourth-order valence-electron chi connectivity index (χ4n) is 1.55. The summed E-state index contributed by atoms with van der Waals surface area (Å²) in [4.78, 5) is 0. The van der Waals surface area contributed by atoms with Crippen LogP contribution >= 0.6 is 0 Å². The van der Waals surface area contributed by atoms with Crippen LogP contribution in [0.4, 0.5) is 22.0 Å². The summed E-state index contributed by atoms with van der Waals surface area (Å²) in [5.74, 6) is -6.46. The van der Waals surface area contributed by atoms with Gasteiger partial charge in [-0.05, 0) is 5.41 Å². The third-order valence-electron chi connectivity index (χ3n) is 2.68. The monoisotopic (exact) mass is 203 g/mol. The second-order valence-corrected chi connectivity index (χ2v) is 3.95. The maximum atomic E-state index is 12.7. The van der Waals surface area contributed by atoms with E-state index in [1.807, 2.05) is 0 Å². The minimum atomic E-state index is -5.50. The summed E-state index contributed by atoms with van der Waals surface area (Å²) in [6.07, 6.45) is -5.50. The van der Waals surface area contributed by atoms with Crippen molar-refractivity contribution in [2.75, 3.05) is 0 Å². The molecule has 1 aliphatic rings. The van der Waals surface area contributed by atoms with Crippen molar-refractivity contribution in [1.29, 1.82) is 0 Å². The van der Waals surface area contributed by atoms with Crippen LogP contribution in [0, 0.1) is 11.3 Å². The Bertz CT molecular complexity index is 219. The summed E-state index contributed by atoms with van der Waals surface area (Å²) in [6, 6.07) is -1.08. The van der Waals surface area contributed by atoms with E-state index in [4.69, 9.17) is 5.73 Å². The number of nitrogens with two attached hydrogens (primary N) is 1. The third kappa shape index (κ3) is 1.31. The molecule has 2 atom stereocenters. The molecule has 1 nitrogen and oxygen atoms in total. The lowest BCUT2D eigenvalue weighted by molar-refractivity contribution is -0.294. The Kier molecular flexibility index (Phi) is 1.93. The molecule has 0 saturated heterocycles. The van der Waals surface area contributed by atoms with Gasteiger partial charge >= 0.3 is 12.1 Å². The van der Waals surface area contributed by atoms with Gasteiger partial charge in [0.2, 0.25) is 0 Å². The van der Waals surface area contributed by atoms with Gasteiger partial charge in [0.25, 0.3) is 0 Å². The van der Waals surface area contributed by atoms with E-state index in [0.717, 1.165) is 0 Å². The largest absolute Gasteiger partial charge is 0.453 e. The van der Waals surface area contributed by atoms with E-state index < -0.39 is 29.5 Å². The van der Waals surface area contributed by atoms with Crippen molar-refractivity contribution < 1.29 is 22.0 Å². The topological polar surface area (TPSA) is 26.0 Å². The maximum Gasteiger partial charge on any atom is 0.453 e. The van der Waals surface area contributed by atoms with Crippen molar-refractivity contribution >= 4 is 0 Å². The van der Waals surface area contributed by atoms with Crippen molar-refractivity contribution in [3.63, 3.8) is 0 Å². The molecule has 1 aliphatic carbocycles. The highest BCUT2D eigenvalue weighted by Gasteiger charge is 2.76. The zero-order valence-electron chi connectivity index (χ0n) is 7.12. The molecule has 0 spiro atoms. The molecule has 0 aliphatic heterocycles. The summed E-state index contributed by atoms with van der Waals surface area (Å²) in [5.41, 5.74) is 4.02. The van der Waals surface area contributed by atoms with E-state index in [9.17, 15) is 22.0 Å². The minimum absolute atomic E-state index is 1.08. The van der Waals surface area contributed by atoms with E-state index >= 15 is 0 Å². The Morgan fingerprint density at radius 3 is 1.46 bits per heavy atom. The predicted octanol–water partition coefficient (Wildman–Crippen LogP) is 2.17. The maximum absolute atomic E-state index is 12.7. The zero-order valence-corrected chi connectivity index (χ0v) is 7.12. The Morgan fingerprint density at radius 1 is 1.08 bits per heavy atom. The molecule has 0 radical (unpaired) electrons. The van der Waals surface area contributed by atoms with Crippen LogP contribution in [0.1, 0.15) is 13.8 Å². The SMILES string of the molecule is CC1(C)C(N)C1C(F)(F)C(F)(F)F. The summed E-state index contributed by atoms with van der Waals surface area (Å²) < 4.78 is 60.8. The Labute approximate surface area is 72.1 Å². The average Bonchev–Trinajstić information content (AvgIpc) is 2.29. The summed E-state index contributed by atoms with van der Waals surface area (Å²) >= 11 is 0. The van der Waals surface area contributed by atoms with Crippen LogP contribution < -0.4 is 5.73 Å². The molecule has 0 aromatic carbocycles. The van der Waals surface area contributed by atoms with Gasteiger partial charge in [0.15, 0.2) is 0 Å². The van der Waals surface area contributed by atoms with Crippen LogP contribution in [0.15, 0.2) is 0 Å². The molecule has 0 aromatic heterocycles. The number of hydrogen-bond donors (Lipinski definition) is 1. The first-order chi connectivity index (χ1) is 5.53. The average molecular weight is 203 g/mol. The smallest absolute Gasteiger partial charge is 0.327 e. The third-order valence-corrected chi connectivity index (χ3v) is 2.68. The highest BCUT2D eigenvalue weighted by Crippen LogP contribution is 2.61. The van der Waals surface area contributed by atoms with Gasteiger partial charge in [-0.1, -0.05) is 13.8 Å². The molecular weight excluding hydrogens is 193 g/mol. The van der Waals surface area contributed by atoms with Gasteiger partial charge in [-0.15, -0.1) is 0 Å². The van der Waals surface area contributed by atoms with Crippen LogP contribution in [0.5, 0.6) is 0 Å². The van der Waals surface area contributed by atoms with Gasteiger partial charge in [0, 0.05) is 6.04 Å². The quantitative estimate of drug-likeness (QED) is 0.649. The predicted molar refractivity (Wildman–Crippen MR) is 36.2 cm³/mol. The summed E-state index contributed by atoms with van der Waals surface area (Å²) in [7, 11) is 0. The summed E-state index contributed by atoms with van der Waals surface area (Å²) in [6.45, 7) is 2.62. The lowest BCUT2D eigenvalue weighted by Gasteiger charge is -2.20. The van der Waals surface area contributed by atoms with Gasteiger partial charge < -0.3 is 5.73 Å². The molecule has 2 N–H and O–H groups in total. The van der Waals surface area contributed by atoms with Crippen LogP contribution in [0.3, 0.4) is 0 Å². The van der Waals surface area contributed by atoms with Crippen molar-refractivity contribution in [2.45, 2.75) is 32.0 Å². The second kappa shape index (κ2) is 2.34. The Balaban J connectivity index is 2.86. The van der Waals surface area contributed by atoms with Gasteiger partial charge in [-0.3, -0.25) is 0 Å². The molecule has 0 bridgehead atoms. The van der Waals surface area contributed by atoms with E-state index in [1.165, 1.54) is 13.8 Å². The molecule has 0 aromatic rings. The van der Waals surface area contributed by atoms with Crippen LogP contribution in [0.2, 0.25) is 0 Å². The normalized spacial score (nSPS) is 33.2. The van der Waals surface area contributed by atoms with Crippen molar-refractivity contribution in [3.8, 4) is 0 Å². The van der Waals surface area contributed by atoms with Crippen molar-refractivity contribution in [2.24, 2.45) is 17.1 Å².